The van der Waals surface area contributed by atoms with E-state index in [-0.39, 0.29) is 0 Å². The van der Waals surface area contributed by atoms with Crippen molar-refractivity contribution in [1.82, 2.24) is 9.80 Å². The molecule has 1 aromatic rings. The van der Waals surface area contributed by atoms with Crippen LogP contribution in [-0.2, 0) is 11.3 Å². The predicted octanol–water partition coefficient (Wildman–Crippen LogP) is 2.73. The first-order chi connectivity index (χ1) is 10.0. The van der Waals surface area contributed by atoms with Crippen LogP contribution >= 0.6 is 0 Å². The average Bonchev–Trinajstić information content (AvgIpc) is 2.40. The van der Waals surface area contributed by atoms with Gasteiger partial charge in [-0.3, -0.25) is 9.69 Å². The van der Waals surface area contributed by atoms with Gasteiger partial charge in [0.05, 0.1) is 6.54 Å². The standard InChI is InChI=1S/C18H28N2O/c1-15-6-8-16(9-7-15)12-20-13-17(11-18(21)14-20)5-4-10-19(2)3/h6-9,17H,4-5,10-14H2,1-3H3. The van der Waals surface area contributed by atoms with Crippen molar-refractivity contribution in [1.29, 1.82) is 0 Å². The van der Waals surface area contributed by atoms with Gasteiger partial charge in [-0.05, 0) is 51.9 Å². The van der Waals surface area contributed by atoms with Crippen molar-refractivity contribution in [3.63, 3.8) is 0 Å². The number of piperidine rings is 1. The van der Waals surface area contributed by atoms with Crippen molar-refractivity contribution in [3.8, 4) is 0 Å². The summed E-state index contributed by atoms with van der Waals surface area (Å²) < 4.78 is 0. The van der Waals surface area contributed by atoms with Gasteiger partial charge in [-0.2, -0.15) is 0 Å². The number of likely N-dealkylation sites (tertiary alicyclic amines) is 1. The Labute approximate surface area is 128 Å². The first kappa shape index (κ1) is 16.2. The molecule has 1 aliphatic heterocycles. The first-order valence-corrected chi connectivity index (χ1v) is 7.97. The Morgan fingerprint density at radius 1 is 1.24 bits per heavy atom. The minimum atomic E-state index is 0.406. The number of rotatable bonds is 6. The highest BCUT2D eigenvalue weighted by molar-refractivity contribution is 5.81. The molecule has 0 spiro atoms. The number of benzene rings is 1. The van der Waals surface area contributed by atoms with Gasteiger partial charge in [0.25, 0.3) is 0 Å². The summed E-state index contributed by atoms with van der Waals surface area (Å²) in [5.74, 6) is 0.944. The lowest BCUT2D eigenvalue weighted by atomic mass is 9.92. The van der Waals surface area contributed by atoms with E-state index in [9.17, 15) is 4.79 Å². The molecule has 1 atom stereocenters. The second-order valence-electron chi connectivity index (χ2n) is 6.71. The van der Waals surface area contributed by atoms with Gasteiger partial charge in [0.2, 0.25) is 0 Å². The van der Waals surface area contributed by atoms with Gasteiger partial charge in [0.1, 0.15) is 5.78 Å². The van der Waals surface area contributed by atoms with E-state index in [1.54, 1.807) is 0 Å². The Bertz CT molecular complexity index is 453. The summed E-state index contributed by atoms with van der Waals surface area (Å²) in [6.07, 6.45) is 3.12. The topological polar surface area (TPSA) is 23.6 Å². The quantitative estimate of drug-likeness (QED) is 0.804. The van der Waals surface area contributed by atoms with Crippen LogP contribution in [0.5, 0.6) is 0 Å². The van der Waals surface area contributed by atoms with Gasteiger partial charge in [-0.1, -0.05) is 29.8 Å². The van der Waals surface area contributed by atoms with Crippen LogP contribution in [0.1, 0.15) is 30.4 Å². The van der Waals surface area contributed by atoms with Crippen LogP contribution in [-0.4, -0.2) is 49.3 Å². The van der Waals surface area contributed by atoms with Gasteiger partial charge in [-0.25, -0.2) is 0 Å². The molecule has 0 aliphatic carbocycles. The fraction of sp³-hybridized carbons (Fsp3) is 0.611. The van der Waals surface area contributed by atoms with Gasteiger partial charge in [-0.15, -0.1) is 0 Å². The van der Waals surface area contributed by atoms with Crippen LogP contribution in [0.15, 0.2) is 24.3 Å². The molecule has 0 bridgehead atoms. The van der Waals surface area contributed by atoms with E-state index in [2.05, 4.69) is 55.1 Å². The van der Waals surface area contributed by atoms with E-state index < -0.39 is 0 Å². The zero-order valence-electron chi connectivity index (χ0n) is 13.6. The molecule has 0 saturated carbocycles. The second-order valence-corrected chi connectivity index (χ2v) is 6.71. The summed E-state index contributed by atoms with van der Waals surface area (Å²) in [7, 11) is 4.21. The van der Waals surface area contributed by atoms with Crippen molar-refractivity contribution < 1.29 is 4.79 Å². The maximum absolute atomic E-state index is 12.0. The van der Waals surface area contributed by atoms with Crippen molar-refractivity contribution in [3.05, 3.63) is 35.4 Å². The zero-order chi connectivity index (χ0) is 15.2. The largest absolute Gasteiger partial charge is 0.309 e. The van der Waals surface area contributed by atoms with E-state index in [4.69, 9.17) is 0 Å². The Morgan fingerprint density at radius 2 is 1.95 bits per heavy atom. The summed E-state index contributed by atoms with van der Waals surface area (Å²) in [6.45, 7) is 5.80. The van der Waals surface area contributed by atoms with E-state index >= 15 is 0 Å². The Balaban J connectivity index is 1.85. The minimum absolute atomic E-state index is 0.406. The van der Waals surface area contributed by atoms with Gasteiger partial charge in [0.15, 0.2) is 0 Å². The van der Waals surface area contributed by atoms with Crippen molar-refractivity contribution in [2.45, 2.75) is 32.7 Å². The first-order valence-electron chi connectivity index (χ1n) is 7.97. The fourth-order valence-corrected chi connectivity index (χ4v) is 3.09. The molecule has 0 N–H and O–H groups in total. The molecular formula is C18H28N2O. The zero-order valence-corrected chi connectivity index (χ0v) is 13.6. The van der Waals surface area contributed by atoms with Crippen LogP contribution in [0.25, 0.3) is 0 Å². The van der Waals surface area contributed by atoms with Gasteiger partial charge in [0, 0.05) is 19.5 Å². The van der Waals surface area contributed by atoms with Crippen LogP contribution < -0.4 is 0 Å². The molecule has 2 rings (SSSR count). The summed E-state index contributed by atoms with van der Waals surface area (Å²) in [5, 5.41) is 0. The predicted molar refractivity (Wildman–Crippen MR) is 87.4 cm³/mol. The molecule has 116 valence electrons. The SMILES string of the molecule is Cc1ccc(CN2CC(=O)CC(CCCN(C)C)C2)cc1. The fourth-order valence-electron chi connectivity index (χ4n) is 3.09. The maximum atomic E-state index is 12.0. The van der Waals surface area contributed by atoms with E-state index in [1.165, 1.54) is 17.5 Å². The summed E-state index contributed by atoms with van der Waals surface area (Å²) in [6, 6.07) is 8.65. The number of hydrogen-bond donors (Lipinski definition) is 0. The second kappa shape index (κ2) is 7.71. The number of Topliss-reactive ketones (excluding diaryl/α,β-unsaturated/α-hetero) is 1. The van der Waals surface area contributed by atoms with Crippen molar-refractivity contribution in [2.24, 2.45) is 5.92 Å². The highest BCUT2D eigenvalue weighted by Crippen LogP contribution is 2.21. The third-order valence-electron chi connectivity index (χ3n) is 4.18. The molecule has 1 aliphatic rings. The third kappa shape index (κ3) is 5.60. The van der Waals surface area contributed by atoms with Crippen molar-refractivity contribution >= 4 is 5.78 Å². The lowest BCUT2D eigenvalue weighted by molar-refractivity contribution is -0.124. The number of carbonyl (C=O) groups is 1. The summed E-state index contributed by atoms with van der Waals surface area (Å²) in [5.41, 5.74) is 2.59. The van der Waals surface area contributed by atoms with E-state index in [0.717, 1.165) is 32.5 Å². The third-order valence-corrected chi connectivity index (χ3v) is 4.18. The van der Waals surface area contributed by atoms with Crippen LogP contribution in [0.2, 0.25) is 0 Å². The molecule has 1 heterocycles. The molecule has 3 nitrogen and oxygen atoms in total. The lowest BCUT2D eigenvalue weighted by Crippen LogP contribution is -2.40. The molecule has 1 aromatic carbocycles. The number of nitrogens with zero attached hydrogens (tertiary/aromatic N) is 2. The van der Waals surface area contributed by atoms with E-state index in [1.807, 2.05) is 0 Å². The Kier molecular flexibility index (Phi) is 5.95. The molecule has 1 saturated heterocycles. The van der Waals surface area contributed by atoms with Crippen molar-refractivity contribution in [2.75, 3.05) is 33.7 Å². The smallest absolute Gasteiger partial charge is 0.147 e. The monoisotopic (exact) mass is 288 g/mol. The van der Waals surface area contributed by atoms with E-state index in [0.29, 0.717) is 18.2 Å². The van der Waals surface area contributed by atoms with Crippen LogP contribution in [0.3, 0.4) is 0 Å². The van der Waals surface area contributed by atoms with Gasteiger partial charge < -0.3 is 4.90 Å². The highest BCUT2D eigenvalue weighted by atomic mass is 16.1. The Hall–Kier alpha value is -1.19. The normalized spacial score (nSPS) is 20.2. The molecule has 3 heteroatoms. The number of aryl methyl sites for hydroxylation is 1. The average molecular weight is 288 g/mol. The molecule has 21 heavy (non-hydrogen) atoms. The molecular weight excluding hydrogens is 260 g/mol. The number of hydrogen-bond acceptors (Lipinski definition) is 3. The summed E-state index contributed by atoms with van der Waals surface area (Å²) in [4.78, 5) is 16.5. The highest BCUT2D eigenvalue weighted by Gasteiger charge is 2.25. The molecule has 0 amide bonds. The Morgan fingerprint density at radius 3 is 2.62 bits per heavy atom. The molecule has 1 fully saturated rings. The summed E-state index contributed by atoms with van der Waals surface area (Å²) >= 11 is 0. The number of carbonyl (C=O) groups excluding carboxylic acids is 1. The van der Waals surface area contributed by atoms with Gasteiger partial charge >= 0.3 is 0 Å². The molecule has 0 aromatic heterocycles. The lowest BCUT2D eigenvalue weighted by Gasteiger charge is -2.32. The maximum Gasteiger partial charge on any atom is 0.147 e. The van der Waals surface area contributed by atoms with Crippen LogP contribution in [0, 0.1) is 12.8 Å². The molecule has 0 radical (unpaired) electrons. The van der Waals surface area contributed by atoms with Crippen LogP contribution in [0.4, 0.5) is 0 Å². The minimum Gasteiger partial charge on any atom is -0.309 e. The molecule has 1 unspecified atom stereocenters. The number of ketones is 1.